The number of amides is 1. The van der Waals surface area contributed by atoms with Crippen molar-refractivity contribution in [2.45, 2.75) is 5.41 Å². The van der Waals surface area contributed by atoms with Crippen molar-refractivity contribution in [3.05, 3.63) is 80.5 Å². The predicted molar refractivity (Wildman–Crippen MR) is 106 cm³/mol. The molecule has 5 rings (SSSR count). The lowest BCUT2D eigenvalue weighted by Crippen LogP contribution is -2.47. The van der Waals surface area contributed by atoms with E-state index in [1.54, 1.807) is 49.5 Å². The van der Waals surface area contributed by atoms with Crippen molar-refractivity contribution in [3.63, 3.8) is 0 Å². The molecule has 3 heterocycles. The van der Waals surface area contributed by atoms with Crippen LogP contribution in [0.5, 0.6) is 5.75 Å². The van der Waals surface area contributed by atoms with E-state index in [0.717, 1.165) is 0 Å². The molecule has 0 aliphatic carbocycles. The fraction of sp³-hybridized carbons (Fsp3) is 0.0952. The standard InChI is InChI=1S/C21H12ClN3O4/c1-25-14-7-6-10(22)8-12(14)21(20(25)27)13(9-23)18(24)29-17-11-4-2-3-5-15(11)28-19(26)16(17)21/h2-8H,24H2,1H3/t21-/m0/s1. The number of carbonyl (C=O) groups is 1. The van der Waals surface area contributed by atoms with Crippen molar-refractivity contribution in [2.24, 2.45) is 5.73 Å². The molecule has 0 saturated carbocycles. The van der Waals surface area contributed by atoms with Crippen LogP contribution in [0, 0.1) is 11.3 Å². The number of rotatable bonds is 0. The van der Waals surface area contributed by atoms with E-state index in [0.29, 0.717) is 21.7 Å². The van der Waals surface area contributed by atoms with Crippen LogP contribution < -0.4 is 21.0 Å². The van der Waals surface area contributed by atoms with Gasteiger partial charge in [0, 0.05) is 23.3 Å². The van der Waals surface area contributed by atoms with Gasteiger partial charge in [-0.3, -0.25) is 4.79 Å². The lowest BCUT2D eigenvalue weighted by atomic mass is 9.69. The van der Waals surface area contributed by atoms with Crippen molar-refractivity contribution < 1.29 is 13.9 Å². The number of hydrogen-bond acceptors (Lipinski definition) is 6. The monoisotopic (exact) mass is 405 g/mol. The molecule has 1 amide bonds. The van der Waals surface area contributed by atoms with Gasteiger partial charge in [-0.25, -0.2) is 4.79 Å². The summed E-state index contributed by atoms with van der Waals surface area (Å²) in [7, 11) is 1.56. The molecule has 0 radical (unpaired) electrons. The molecule has 2 aliphatic rings. The quantitative estimate of drug-likeness (QED) is 0.576. The lowest BCUT2D eigenvalue weighted by molar-refractivity contribution is -0.120. The van der Waals surface area contributed by atoms with Crippen LogP contribution in [0.25, 0.3) is 11.0 Å². The molecule has 2 aliphatic heterocycles. The normalized spacial score (nSPS) is 19.9. The Morgan fingerprint density at radius 2 is 1.97 bits per heavy atom. The molecule has 2 N–H and O–H groups in total. The third kappa shape index (κ3) is 1.96. The first-order chi connectivity index (χ1) is 13.9. The number of para-hydroxylation sites is 1. The number of ether oxygens (including phenoxy) is 1. The van der Waals surface area contributed by atoms with Gasteiger partial charge in [0.25, 0.3) is 0 Å². The molecule has 29 heavy (non-hydrogen) atoms. The van der Waals surface area contributed by atoms with Gasteiger partial charge in [0.15, 0.2) is 11.2 Å². The second-order valence-electron chi connectivity index (χ2n) is 6.82. The van der Waals surface area contributed by atoms with Gasteiger partial charge in [-0.15, -0.1) is 0 Å². The van der Waals surface area contributed by atoms with Crippen LogP contribution in [0.4, 0.5) is 5.69 Å². The van der Waals surface area contributed by atoms with Gasteiger partial charge >= 0.3 is 5.63 Å². The fourth-order valence-corrected chi connectivity index (χ4v) is 4.39. The van der Waals surface area contributed by atoms with Gasteiger partial charge in [-0.2, -0.15) is 5.26 Å². The van der Waals surface area contributed by atoms with E-state index < -0.39 is 16.9 Å². The Labute approximate surface area is 169 Å². The van der Waals surface area contributed by atoms with Crippen molar-refractivity contribution in [2.75, 3.05) is 11.9 Å². The molecule has 0 fully saturated rings. The fourth-order valence-electron chi connectivity index (χ4n) is 4.22. The summed E-state index contributed by atoms with van der Waals surface area (Å²) in [4.78, 5) is 28.1. The van der Waals surface area contributed by atoms with E-state index >= 15 is 0 Å². The number of nitrogens with two attached hydrogens (primary N) is 1. The average Bonchev–Trinajstić information content (AvgIpc) is 2.90. The maximum Gasteiger partial charge on any atom is 0.345 e. The van der Waals surface area contributed by atoms with Crippen LogP contribution in [0.1, 0.15) is 11.1 Å². The summed E-state index contributed by atoms with van der Waals surface area (Å²) < 4.78 is 11.2. The van der Waals surface area contributed by atoms with Crippen molar-refractivity contribution >= 4 is 34.2 Å². The first-order valence-electron chi connectivity index (χ1n) is 8.64. The van der Waals surface area contributed by atoms with Crippen LogP contribution in [0.2, 0.25) is 5.02 Å². The largest absolute Gasteiger partial charge is 0.439 e. The molecule has 8 heteroatoms. The van der Waals surface area contributed by atoms with Crippen molar-refractivity contribution in [3.8, 4) is 11.8 Å². The second-order valence-corrected chi connectivity index (χ2v) is 7.25. The summed E-state index contributed by atoms with van der Waals surface area (Å²) in [6.07, 6.45) is 0. The highest BCUT2D eigenvalue weighted by atomic mass is 35.5. The predicted octanol–water partition coefficient (Wildman–Crippen LogP) is 2.80. The Balaban J connectivity index is 2.04. The lowest BCUT2D eigenvalue weighted by Gasteiger charge is -2.33. The maximum atomic E-state index is 13.6. The number of nitriles is 1. The number of hydrogen-bond donors (Lipinski definition) is 1. The zero-order valence-electron chi connectivity index (χ0n) is 15.0. The Hall–Kier alpha value is -3.76. The van der Waals surface area contributed by atoms with E-state index in [2.05, 4.69) is 0 Å². The molecular weight excluding hydrogens is 394 g/mol. The first kappa shape index (κ1) is 17.3. The molecule has 1 aromatic heterocycles. The van der Waals surface area contributed by atoms with Crippen LogP contribution >= 0.6 is 11.6 Å². The molecule has 3 aromatic rings. The summed E-state index contributed by atoms with van der Waals surface area (Å²) in [5, 5.41) is 10.7. The number of nitrogens with zero attached hydrogens (tertiary/aromatic N) is 2. The van der Waals surface area contributed by atoms with Gasteiger partial charge in [-0.05, 0) is 30.3 Å². The molecule has 142 valence electrons. The molecular formula is C21H12ClN3O4. The minimum absolute atomic E-state index is 0.0835. The molecule has 1 atom stereocenters. The second kappa shape index (κ2) is 5.63. The SMILES string of the molecule is CN1C(=O)[C@]2(C(C#N)=C(N)Oc3c2c(=O)oc2ccccc32)c2cc(Cl)ccc21. The Kier molecular flexibility index (Phi) is 3.37. The van der Waals surface area contributed by atoms with Crippen LogP contribution in [0.15, 0.2) is 63.1 Å². The third-order valence-corrected chi connectivity index (χ3v) is 5.67. The number of fused-ring (bicyclic) bond motifs is 6. The number of likely N-dealkylation sites (N-methyl/N-ethyl adjacent to an activating group) is 1. The van der Waals surface area contributed by atoms with Gasteiger partial charge < -0.3 is 19.8 Å². The number of benzene rings is 2. The Morgan fingerprint density at radius 3 is 2.72 bits per heavy atom. The highest BCUT2D eigenvalue weighted by molar-refractivity contribution is 6.31. The van der Waals surface area contributed by atoms with E-state index in [1.807, 2.05) is 6.07 Å². The number of halogens is 1. The average molecular weight is 406 g/mol. The Bertz CT molecular complexity index is 1380. The summed E-state index contributed by atoms with van der Waals surface area (Å²) in [6.45, 7) is 0. The van der Waals surface area contributed by atoms with Crippen LogP contribution in [0.3, 0.4) is 0 Å². The molecule has 0 unspecified atom stereocenters. The summed E-state index contributed by atoms with van der Waals surface area (Å²) in [5.41, 5.74) is 4.43. The summed E-state index contributed by atoms with van der Waals surface area (Å²) >= 11 is 6.22. The van der Waals surface area contributed by atoms with Gasteiger partial charge in [0.2, 0.25) is 11.8 Å². The van der Waals surface area contributed by atoms with Gasteiger partial charge in [-0.1, -0.05) is 23.7 Å². The first-order valence-corrected chi connectivity index (χ1v) is 9.01. The highest BCUT2D eigenvalue weighted by Crippen LogP contribution is 2.55. The van der Waals surface area contributed by atoms with Crippen LogP contribution in [-0.4, -0.2) is 13.0 Å². The van der Waals surface area contributed by atoms with E-state index in [9.17, 15) is 14.9 Å². The molecule has 1 spiro atoms. The minimum Gasteiger partial charge on any atom is -0.439 e. The highest BCUT2D eigenvalue weighted by Gasteiger charge is 2.60. The number of carbonyl (C=O) groups excluding carboxylic acids is 1. The third-order valence-electron chi connectivity index (χ3n) is 5.44. The molecule has 7 nitrogen and oxygen atoms in total. The van der Waals surface area contributed by atoms with E-state index in [4.69, 9.17) is 26.5 Å². The Morgan fingerprint density at radius 1 is 1.21 bits per heavy atom. The molecule has 0 bridgehead atoms. The maximum absolute atomic E-state index is 13.6. The minimum atomic E-state index is -1.80. The zero-order chi connectivity index (χ0) is 20.5. The smallest absolute Gasteiger partial charge is 0.345 e. The van der Waals surface area contributed by atoms with Crippen LogP contribution in [-0.2, 0) is 10.2 Å². The van der Waals surface area contributed by atoms with Crippen molar-refractivity contribution in [1.29, 1.82) is 5.26 Å². The zero-order valence-corrected chi connectivity index (χ0v) is 15.8. The topological polar surface area (TPSA) is 110 Å². The summed E-state index contributed by atoms with van der Waals surface area (Å²) in [5.74, 6) is -0.658. The van der Waals surface area contributed by atoms with E-state index in [1.165, 1.54) is 4.90 Å². The van der Waals surface area contributed by atoms with Gasteiger partial charge in [0.05, 0.1) is 5.39 Å². The molecule has 2 aromatic carbocycles. The van der Waals surface area contributed by atoms with Crippen molar-refractivity contribution in [1.82, 2.24) is 0 Å². The van der Waals surface area contributed by atoms with Gasteiger partial charge in [0.1, 0.15) is 22.8 Å². The molecule has 0 saturated heterocycles. The summed E-state index contributed by atoms with van der Waals surface area (Å²) in [6, 6.07) is 13.6. The van der Waals surface area contributed by atoms with E-state index in [-0.39, 0.29) is 28.4 Å². The number of anilines is 1.